The van der Waals surface area contributed by atoms with E-state index >= 15 is 0 Å². The zero-order chi connectivity index (χ0) is 20.8. The third kappa shape index (κ3) is 3.76. The molecule has 1 aromatic rings. The summed E-state index contributed by atoms with van der Waals surface area (Å²) in [6.45, 7) is 2.28. The molecule has 2 bridgehead atoms. The van der Waals surface area contributed by atoms with Gasteiger partial charge in [0.15, 0.2) is 0 Å². The Morgan fingerprint density at radius 2 is 2.21 bits per heavy atom. The summed E-state index contributed by atoms with van der Waals surface area (Å²) < 4.78 is 42.4. The number of hydrogen-bond donors (Lipinski definition) is 3. The van der Waals surface area contributed by atoms with E-state index in [0.29, 0.717) is 18.2 Å². The Morgan fingerprint density at radius 1 is 1.41 bits per heavy atom. The van der Waals surface area contributed by atoms with Crippen LogP contribution >= 0.6 is 11.5 Å². The number of hydrogen-bond acceptors (Lipinski definition) is 6. The number of fused-ring (bicyclic) bond motifs is 3. The Hall–Kier alpha value is -2.76. The van der Waals surface area contributed by atoms with Crippen molar-refractivity contribution in [1.29, 1.82) is 0 Å². The predicted molar refractivity (Wildman–Crippen MR) is 99.7 cm³/mol. The van der Waals surface area contributed by atoms with Crippen molar-refractivity contribution in [3.05, 3.63) is 35.1 Å². The molecule has 4 heterocycles. The molecule has 8 nitrogen and oxygen atoms in total. The summed E-state index contributed by atoms with van der Waals surface area (Å²) in [7, 11) is 0. The van der Waals surface area contributed by atoms with Gasteiger partial charge in [0.25, 0.3) is 0 Å². The van der Waals surface area contributed by atoms with Crippen LogP contribution in [0.2, 0.25) is 0 Å². The largest absolute Gasteiger partial charge is 0.408 e. The normalized spacial score (nSPS) is 24.1. The number of alkyl halides is 3. The van der Waals surface area contributed by atoms with Crippen molar-refractivity contribution in [3.63, 3.8) is 0 Å². The smallest absolute Gasteiger partial charge is 0.366 e. The first-order valence-corrected chi connectivity index (χ1v) is 9.89. The van der Waals surface area contributed by atoms with E-state index in [-0.39, 0.29) is 6.04 Å². The van der Waals surface area contributed by atoms with Crippen LogP contribution in [0, 0.1) is 0 Å². The minimum atomic E-state index is -4.53. The molecule has 1 unspecified atom stereocenters. The summed E-state index contributed by atoms with van der Waals surface area (Å²) in [4.78, 5) is 28.9. The Balaban J connectivity index is 1.53. The maximum atomic E-state index is 12.9. The van der Waals surface area contributed by atoms with Crippen LogP contribution in [-0.4, -0.2) is 63.5 Å². The first kappa shape index (κ1) is 19.6. The summed E-state index contributed by atoms with van der Waals surface area (Å²) in [5.41, 5.74) is 0.736. The third-order valence-corrected chi connectivity index (χ3v) is 5.68. The van der Waals surface area contributed by atoms with E-state index in [0.717, 1.165) is 25.6 Å². The second-order valence-corrected chi connectivity index (χ2v) is 7.73. The van der Waals surface area contributed by atoms with Crippen LogP contribution in [0.15, 0.2) is 35.1 Å². The molecule has 0 aliphatic carbocycles. The molecule has 1 fully saturated rings. The molecule has 29 heavy (non-hydrogen) atoms. The molecule has 3 amide bonds. The van der Waals surface area contributed by atoms with E-state index in [2.05, 4.69) is 19.9 Å². The van der Waals surface area contributed by atoms with Crippen LogP contribution in [0.25, 0.3) is 0 Å². The zero-order valence-electron chi connectivity index (χ0n) is 15.4. The summed E-state index contributed by atoms with van der Waals surface area (Å²) in [6, 6.07) is -1.83. The number of urea groups is 1. The van der Waals surface area contributed by atoms with Crippen molar-refractivity contribution < 1.29 is 22.8 Å². The quantitative estimate of drug-likeness (QED) is 0.684. The lowest BCUT2D eigenvalue weighted by Crippen LogP contribution is -2.57. The number of anilines is 1. The molecular weight excluding hydrogens is 409 g/mol. The number of carbonyl (C=O) groups excluding carboxylic acids is 2. The molecule has 0 saturated carbocycles. The number of halogens is 3. The van der Waals surface area contributed by atoms with Gasteiger partial charge in [-0.05, 0) is 37.0 Å². The lowest BCUT2D eigenvalue weighted by molar-refractivity contribution is -0.158. The molecule has 3 atom stereocenters. The van der Waals surface area contributed by atoms with Crippen molar-refractivity contribution in [2.75, 3.05) is 18.4 Å². The van der Waals surface area contributed by atoms with Gasteiger partial charge in [0.05, 0.1) is 11.7 Å². The van der Waals surface area contributed by atoms with Crippen molar-refractivity contribution in [2.45, 2.75) is 37.6 Å². The fourth-order valence-corrected chi connectivity index (χ4v) is 4.06. The van der Waals surface area contributed by atoms with Gasteiger partial charge in [-0.2, -0.15) is 17.5 Å². The van der Waals surface area contributed by atoms with E-state index in [4.69, 9.17) is 0 Å². The Kier molecular flexibility index (Phi) is 4.89. The van der Waals surface area contributed by atoms with Gasteiger partial charge in [-0.3, -0.25) is 15.0 Å². The number of rotatable bonds is 3. The van der Waals surface area contributed by atoms with Gasteiger partial charge in [-0.1, -0.05) is 6.08 Å². The lowest BCUT2D eigenvalue weighted by atomic mass is 10.1. The standard InChI is InChI=1S/C17H19F3N6O2S/c1-9(17(18,19)20)21-15(27)11-2-3-12-14(22-11)26(10-4-6-25(12)8-10)16(28)23-13-5-7-29-24-13/h2-3,5,7,9-11,22H,4,6,8H2,1H3,(H,21,27)(H,23,24,28)/t9-,10+,11?/m1/s1. The zero-order valence-corrected chi connectivity index (χ0v) is 16.2. The molecule has 0 spiro atoms. The molecule has 3 aliphatic heterocycles. The van der Waals surface area contributed by atoms with Crippen molar-refractivity contribution >= 4 is 29.3 Å². The van der Waals surface area contributed by atoms with Gasteiger partial charge in [-0.15, -0.1) is 0 Å². The van der Waals surface area contributed by atoms with Crippen molar-refractivity contribution in [1.82, 2.24) is 24.8 Å². The summed E-state index contributed by atoms with van der Waals surface area (Å²) >= 11 is 1.20. The maximum absolute atomic E-state index is 12.9. The second kappa shape index (κ2) is 7.25. The molecule has 4 rings (SSSR count). The number of allylic oxidation sites excluding steroid dienone is 1. The van der Waals surface area contributed by atoms with Crippen LogP contribution in [0.4, 0.5) is 23.8 Å². The highest BCUT2D eigenvalue weighted by atomic mass is 32.1. The van der Waals surface area contributed by atoms with E-state index in [1.165, 1.54) is 22.5 Å². The van der Waals surface area contributed by atoms with Gasteiger partial charge in [-0.25, -0.2) is 4.79 Å². The van der Waals surface area contributed by atoms with E-state index in [9.17, 15) is 22.8 Å². The van der Waals surface area contributed by atoms with E-state index < -0.39 is 30.2 Å². The molecule has 0 aromatic carbocycles. The number of carbonyl (C=O) groups is 2. The summed E-state index contributed by atoms with van der Waals surface area (Å²) in [5, 5.41) is 9.36. The van der Waals surface area contributed by atoms with Gasteiger partial charge in [0.2, 0.25) is 5.91 Å². The van der Waals surface area contributed by atoms with E-state index in [1.54, 1.807) is 17.5 Å². The van der Waals surface area contributed by atoms with Gasteiger partial charge in [0.1, 0.15) is 23.7 Å². The first-order valence-electron chi connectivity index (χ1n) is 9.05. The predicted octanol–water partition coefficient (Wildman–Crippen LogP) is 1.83. The van der Waals surface area contributed by atoms with E-state index in [1.807, 2.05) is 5.32 Å². The fraction of sp³-hybridized carbons (Fsp3) is 0.471. The van der Waals surface area contributed by atoms with Gasteiger partial charge < -0.3 is 15.5 Å². The minimum Gasteiger partial charge on any atom is -0.366 e. The highest BCUT2D eigenvalue weighted by molar-refractivity contribution is 7.03. The van der Waals surface area contributed by atoms with Crippen molar-refractivity contribution in [2.24, 2.45) is 0 Å². The van der Waals surface area contributed by atoms with Crippen LogP contribution in [0.3, 0.4) is 0 Å². The number of nitrogens with one attached hydrogen (secondary N) is 3. The first-order chi connectivity index (χ1) is 13.7. The number of nitrogens with zero attached hydrogens (tertiary/aromatic N) is 3. The average molecular weight is 428 g/mol. The summed E-state index contributed by atoms with van der Waals surface area (Å²) in [6.07, 6.45) is -0.603. The molecule has 1 aromatic heterocycles. The fourth-order valence-electron chi connectivity index (χ4n) is 3.59. The lowest BCUT2D eigenvalue weighted by Gasteiger charge is -2.40. The van der Waals surface area contributed by atoms with Crippen LogP contribution in [0.1, 0.15) is 13.3 Å². The minimum absolute atomic E-state index is 0.107. The van der Waals surface area contributed by atoms with Crippen LogP contribution in [0.5, 0.6) is 0 Å². The van der Waals surface area contributed by atoms with Crippen molar-refractivity contribution in [3.8, 4) is 0 Å². The molecule has 3 N–H and O–H groups in total. The highest BCUT2D eigenvalue weighted by Crippen LogP contribution is 2.33. The number of dihydropyridines is 1. The molecular formula is C17H19F3N6O2S. The van der Waals surface area contributed by atoms with Crippen LogP contribution < -0.4 is 16.0 Å². The average Bonchev–Trinajstić information content (AvgIpc) is 3.31. The third-order valence-electron chi connectivity index (χ3n) is 5.12. The number of amides is 3. The number of aromatic nitrogens is 1. The molecule has 3 aliphatic rings. The Labute approximate surface area is 168 Å². The monoisotopic (exact) mass is 428 g/mol. The Bertz CT molecular complexity index is 869. The van der Waals surface area contributed by atoms with Crippen LogP contribution in [-0.2, 0) is 4.79 Å². The summed E-state index contributed by atoms with van der Waals surface area (Å²) in [5.74, 6) is 0.0152. The Morgan fingerprint density at radius 3 is 2.90 bits per heavy atom. The molecule has 0 radical (unpaired) electrons. The topological polar surface area (TPSA) is 89.6 Å². The van der Waals surface area contributed by atoms with Gasteiger partial charge >= 0.3 is 12.2 Å². The molecule has 156 valence electrons. The maximum Gasteiger partial charge on any atom is 0.408 e. The molecule has 1 saturated heterocycles. The second-order valence-electron chi connectivity index (χ2n) is 7.06. The highest BCUT2D eigenvalue weighted by Gasteiger charge is 2.43. The SMILES string of the molecule is C[C@@H](NC(=O)C1C=CC2=C(N1)N(C(=O)Nc1ccsn1)[C@H]1CCN2C1)C(F)(F)F. The van der Waals surface area contributed by atoms with Gasteiger partial charge in [0, 0.05) is 18.5 Å². The molecule has 12 heteroatoms.